The zero-order valence-electron chi connectivity index (χ0n) is 19.6. The second-order valence-corrected chi connectivity index (χ2v) is 9.22. The minimum atomic E-state index is -0.801. The van der Waals surface area contributed by atoms with Crippen LogP contribution in [-0.4, -0.2) is 49.2 Å². The van der Waals surface area contributed by atoms with Crippen molar-refractivity contribution in [2.24, 2.45) is 11.3 Å². The predicted molar refractivity (Wildman–Crippen MR) is 117 cm³/mol. The Hall–Kier alpha value is -0.650. The molecule has 0 aromatic rings. The van der Waals surface area contributed by atoms with Gasteiger partial charge in [0, 0.05) is 0 Å². The smallest absolute Gasteiger partial charge is 0.310 e. The van der Waals surface area contributed by atoms with E-state index >= 15 is 0 Å². The molecule has 0 aliphatic carbocycles. The van der Waals surface area contributed by atoms with Gasteiger partial charge in [-0.2, -0.15) is 0 Å². The van der Waals surface area contributed by atoms with Crippen LogP contribution in [0.3, 0.4) is 0 Å². The Bertz CT molecular complexity index is 441. The highest BCUT2D eigenvalue weighted by Crippen LogP contribution is 2.40. The normalized spacial score (nSPS) is 32.3. The van der Waals surface area contributed by atoms with Crippen molar-refractivity contribution >= 4 is 5.97 Å². The van der Waals surface area contributed by atoms with E-state index < -0.39 is 11.4 Å². The number of ether oxygens (including phenoxy) is 3. The zero-order chi connectivity index (χ0) is 21.7. The largest absolute Gasteiger partial charge is 0.481 e. The van der Waals surface area contributed by atoms with Gasteiger partial charge in [0.2, 0.25) is 0 Å². The zero-order valence-corrected chi connectivity index (χ0v) is 19.6. The summed E-state index contributed by atoms with van der Waals surface area (Å²) in [6, 6.07) is 0. The molecule has 5 unspecified atom stereocenters. The number of carboxylic acid groups (broad SMARTS) is 1. The summed E-state index contributed by atoms with van der Waals surface area (Å²) in [5, 5.41) is 10.3. The fourth-order valence-corrected chi connectivity index (χ4v) is 4.26. The highest BCUT2D eigenvalue weighted by atomic mass is 16.6. The van der Waals surface area contributed by atoms with Gasteiger partial charge in [-0.15, -0.1) is 0 Å². The molecular formula is C24H46O5. The number of hydrogen-bond acceptors (Lipinski definition) is 4. The van der Waals surface area contributed by atoms with E-state index in [9.17, 15) is 9.90 Å². The van der Waals surface area contributed by atoms with Crippen molar-refractivity contribution in [3.8, 4) is 0 Å². The van der Waals surface area contributed by atoms with E-state index in [1.54, 1.807) is 0 Å². The third-order valence-corrected chi connectivity index (χ3v) is 6.36. The average molecular weight is 415 g/mol. The maximum atomic E-state index is 12.5. The first-order valence-electron chi connectivity index (χ1n) is 11.9. The Balaban J connectivity index is 2.71. The third-order valence-electron chi connectivity index (χ3n) is 6.36. The molecule has 0 amide bonds. The van der Waals surface area contributed by atoms with Crippen molar-refractivity contribution in [1.29, 1.82) is 0 Å². The van der Waals surface area contributed by atoms with Crippen LogP contribution in [0.1, 0.15) is 98.8 Å². The second-order valence-electron chi connectivity index (χ2n) is 9.22. The molecule has 1 aliphatic heterocycles. The number of rotatable bonds is 10. The number of unbranched alkanes of at least 4 members (excludes halogenated alkanes) is 7. The summed E-state index contributed by atoms with van der Waals surface area (Å²) in [6.07, 6.45) is 10.7. The second kappa shape index (κ2) is 14.4. The topological polar surface area (TPSA) is 65.0 Å². The van der Waals surface area contributed by atoms with Crippen LogP contribution in [0, 0.1) is 11.3 Å². The lowest BCUT2D eigenvalue weighted by atomic mass is 9.69. The molecule has 5 atom stereocenters. The van der Waals surface area contributed by atoms with Gasteiger partial charge in [0.15, 0.2) is 0 Å². The Morgan fingerprint density at radius 1 is 0.793 bits per heavy atom. The van der Waals surface area contributed by atoms with E-state index in [2.05, 4.69) is 6.92 Å². The van der Waals surface area contributed by atoms with Gasteiger partial charge in [-0.3, -0.25) is 4.79 Å². The molecule has 1 N–H and O–H groups in total. The molecular weight excluding hydrogens is 368 g/mol. The van der Waals surface area contributed by atoms with Crippen LogP contribution in [-0.2, 0) is 19.0 Å². The average Bonchev–Trinajstić information content (AvgIpc) is 2.68. The molecule has 1 heterocycles. The molecule has 5 heteroatoms. The summed E-state index contributed by atoms with van der Waals surface area (Å²) in [5.74, 6) is -0.782. The van der Waals surface area contributed by atoms with E-state index in [1.807, 2.05) is 27.7 Å². The van der Waals surface area contributed by atoms with E-state index in [0.29, 0.717) is 32.7 Å². The summed E-state index contributed by atoms with van der Waals surface area (Å²) >= 11 is 0. The number of carbonyl (C=O) groups is 1. The van der Waals surface area contributed by atoms with E-state index in [1.165, 1.54) is 38.5 Å². The van der Waals surface area contributed by atoms with E-state index in [0.717, 1.165) is 12.8 Å². The van der Waals surface area contributed by atoms with Gasteiger partial charge in [0.25, 0.3) is 0 Å². The predicted octanol–water partition coefficient (Wildman–Crippen LogP) is 5.84. The van der Waals surface area contributed by atoms with Crippen LogP contribution in [0.5, 0.6) is 0 Å². The van der Waals surface area contributed by atoms with Crippen molar-refractivity contribution < 1.29 is 24.1 Å². The third kappa shape index (κ3) is 9.80. The molecule has 5 nitrogen and oxygen atoms in total. The minimum Gasteiger partial charge on any atom is -0.481 e. The molecule has 0 radical (unpaired) electrons. The van der Waals surface area contributed by atoms with Crippen LogP contribution in [0.2, 0.25) is 0 Å². The molecule has 0 aromatic heterocycles. The fourth-order valence-electron chi connectivity index (χ4n) is 4.26. The van der Waals surface area contributed by atoms with Gasteiger partial charge in [-0.25, -0.2) is 0 Å². The number of aliphatic carboxylic acids is 1. The van der Waals surface area contributed by atoms with Crippen molar-refractivity contribution in [1.82, 2.24) is 0 Å². The maximum absolute atomic E-state index is 12.5. The van der Waals surface area contributed by atoms with Crippen LogP contribution in [0.25, 0.3) is 0 Å². The van der Waals surface area contributed by atoms with Gasteiger partial charge < -0.3 is 19.3 Å². The quantitative estimate of drug-likeness (QED) is 0.455. The van der Waals surface area contributed by atoms with Gasteiger partial charge in [-0.1, -0.05) is 65.2 Å². The molecule has 0 aromatic carbocycles. The Morgan fingerprint density at radius 3 is 1.83 bits per heavy atom. The molecule has 1 rings (SSSR count). The summed E-state index contributed by atoms with van der Waals surface area (Å²) in [6.45, 7) is 11.6. The summed E-state index contributed by atoms with van der Waals surface area (Å²) in [5.41, 5.74) is -0.801. The molecule has 1 saturated heterocycles. The Kier molecular flexibility index (Phi) is 13.1. The molecule has 0 saturated carbocycles. The highest BCUT2D eigenvalue weighted by Gasteiger charge is 2.44. The molecule has 1 fully saturated rings. The Morgan fingerprint density at radius 2 is 1.28 bits per heavy atom. The van der Waals surface area contributed by atoms with Crippen molar-refractivity contribution in [3.63, 3.8) is 0 Å². The van der Waals surface area contributed by atoms with Gasteiger partial charge in [-0.05, 0) is 39.5 Å². The lowest BCUT2D eigenvalue weighted by Crippen LogP contribution is -2.43. The monoisotopic (exact) mass is 414 g/mol. The first kappa shape index (κ1) is 26.4. The fraction of sp³-hybridized carbons (Fsp3) is 0.958. The van der Waals surface area contributed by atoms with Crippen LogP contribution < -0.4 is 0 Å². The number of carboxylic acids is 1. The lowest BCUT2D eigenvalue weighted by molar-refractivity contribution is -0.162. The number of hydrogen-bond donors (Lipinski definition) is 1. The molecule has 0 bridgehead atoms. The molecule has 29 heavy (non-hydrogen) atoms. The molecule has 1 aliphatic rings. The summed E-state index contributed by atoms with van der Waals surface area (Å²) in [4.78, 5) is 12.5. The SMILES string of the molecule is CCCCCCCCCCC1(C(=O)O)CC(C)OCC(C)OCC(C)OCC1C. The summed E-state index contributed by atoms with van der Waals surface area (Å²) < 4.78 is 17.7. The minimum absolute atomic E-state index is 0.0210. The van der Waals surface area contributed by atoms with E-state index in [4.69, 9.17) is 14.2 Å². The standard InChI is InChI=1S/C24H46O5/c1-6-7-8-9-10-11-12-13-14-24(23(25)26)15-20(3)28-17-22(5)29-18-21(4)27-16-19(24)2/h19-22H,6-18H2,1-5H3,(H,25,26). The van der Waals surface area contributed by atoms with Gasteiger partial charge in [0.05, 0.1) is 43.5 Å². The first-order chi connectivity index (χ1) is 13.8. The van der Waals surface area contributed by atoms with Crippen molar-refractivity contribution in [3.05, 3.63) is 0 Å². The summed E-state index contributed by atoms with van der Waals surface area (Å²) in [7, 11) is 0. The van der Waals surface area contributed by atoms with Gasteiger partial charge >= 0.3 is 5.97 Å². The van der Waals surface area contributed by atoms with Crippen LogP contribution in [0.15, 0.2) is 0 Å². The maximum Gasteiger partial charge on any atom is 0.310 e. The Labute approximate surface area is 178 Å². The van der Waals surface area contributed by atoms with E-state index in [-0.39, 0.29) is 24.2 Å². The van der Waals surface area contributed by atoms with Gasteiger partial charge in [0.1, 0.15) is 0 Å². The van der Waals surface area contributed by atoms with Crippen LogP contribution >= 0.6 is 0 Å². The van der Waals surface area contributed by atoms with Crippen molar-refractivity contribution in [2.45, 2.75) is 117 Å². The first-order valence-corrected chi connectivity index (χ1v) is 11.9. The molecule has 0 spiro atoms. The van der Waals surface area contributed by atoms with Crippen LogP contribution in [0.4, 0.5) is 0 Å². The molecule has 172 valence electrons. The highest BCUT2D eigenvalue weighted by molar-refractivity contribution is 5.75. The lowest BCUT2D eigenvalue weighted by Gasteiger charge is -2.38. The van der Waals surface area contributed by atoms with Crippen molar-refractivity contribution in [2.75, 3.05) is 19.8 Å².